The van der Waals surface area contributed by atoms with Gasteiger partial charge in [-0.2, -0.15) is 13.2 Å². The highest BCUT2D eigenvalue weighted by Crippen LogP contribution is 2.50. The zero-order chi connectivity index (χ0) is 24.6. The van der Waals surface area contributed by atoms with Gasteiger partial charge in [0.25, 0.3) is 0 Å². The molecule has 0 radical (unpaired) electrons. The van der Waals surface area contributed by atoms with Gasteiger partial charge in [0.15, 0.2) is 0 Å². The number of hydrogen-bond acceptors (Lipinski definition) is 4. The first-order valence-corrected chi connectivity index (χ1v) is 11.5. The second kappa shape index (κ2) is 8.83. The van der Waals surface area contributed by atoms with Crippen molar-refractivity contribution in [2.45, 2.75) is 50.1 Å². The highest BCUT2D eigenvalue weighted by atomic mass is 19.4. The number of carboxylic acid groups (broad SMARTS) is 1. The lowest BCUT2D eigenvalue weighted by atomic mass is 9.69. The van der Waals surface area contributed by atoms with Crippen molar-refractivity contribution in [2.24, 2.45) is 0 Å². The van der Waals surface area contributed by atoms with E-state index in [0.717, 1.165) is 67.5 Å². The third-order valence-corrected chi connectivity index (χ3v) is 7.15. The van der Waals surface area contributed by atoms with Crippen molar-refractivity contribution in [3.63, 3.8) is 0 Å². The first-order valence-electron chi connectivity index (χ1n) is 11.5. The highest BCUT2D eigenvalue weighted by Gasteiger charge is 2.40. The largest absolute Gasteiger partial charge is 0.478 e. The Morgan fingerprint density at radius 1 is 0.943 bits per heavy atom. The fraction of sp³-hybridized carbons (Fsp3) is 0.296. The lowest BCUT2D eigenvalue weighted by Crippen LogP contribution is -2.27. The van der Waals surface area contributed by atoms with Crippen LogP contribution in [0.2, 0.25) is 0 Å². The second-order valence-electron chi connectivity index (χ2n) is 9.28. The van der Waals surface area contributed by atoms with Crippen LogP contribution in [0.4, 0.5) is 24.7 Å². The molecule has 8 heteroatoms. The van der Waals surface area contributed by atoms with Crippen molar-refractivity contribution >= 4 is 17.5 Å². The molecule has 1 saturated carbocycles. The van der Waals surface area contributed by atoms with E-state index in [1.807, 2.05) is 6.07 Å². The molecule has 3 aromatic rings. The Labute approximate surface area is 200 Å². The van der Waals surface area contributed by atoms with Gasteiger partial charge in [0.2, 0.25) is 0 Å². The average molecular weight is 480 g/mol. The number of aliphatic carboxylic acids is 1. The van der Waals surface area contributed by atoms with E-state index in [-0.39, 0.29) is 5.41 Å². The minimum atomic E-state index is -4.47. The molecule has 0 saturated heterocycles. The lowest BCUT2D eigenvalue weighted by molar-refractivity contribution is -0.141. The quantitative estimate of drug-likeness (QED) is 0.409. The average Bonchev–Trinajstić information content (AvgIpc) is 3.18. The zero-order valence-electron chi connectivity index (χ0n) is 18.9. The fourth-order valence-electron chi connectivity index (χ4n) is 5.32. The molecule has 180 valence electrons. The summed E-state index contributed by atoms with van der Waals surface area (Å²) in [5, 5.41) is 12.0. The summed E-state index contributed by atoms with van der Waals surface area (Å²) >= 11 is 0. The summed E-state index contributed by atoms with van der Waals surface area (Å²) in [6.07, 6.45) is 5.52. The molecule has 2 heterocycles. The molecular formula is C27H24F3N3O2. The minimum Gasteiger partial charge on any atom is -0.478 e. The summed E-state index contributed by atoms with van der Waals surface area (Å²) < 4.78 is 38.0. The second-order valence-corrected chi connectivity index (χ2v) is 9.28. The molecule has 1 aromatic carbocycles. The van der Waals surface area contributed by atoms with Gasteiger partial charge in [-0.25, -0.2) is 14.8 Å². The Morgan fingerprint density at radius 3 is 2.31 bits per heavy atom. The molecule has 2 aliphatic rings. The number of aromatic nitrogens is 2. The predicted molar refractivity (Wildman–Crippen MR) is 126 cm³/mol. The number of allylic oxidation sites excluding steroid dienone is 1. The number of halogens is 3. The molecule has 2 N–H and O–H groups in total. The number of rotatable bonds is 4. The standard InChI is InChI=1S/C27H24F3N3O2/c28-27(29,30)23-5-3-21(16-31-23)33-24-6-2-20(15-32-24)18-1-4-22-19(14-18)9-12-26(22)10-7-17(8-11-26)13-25(34)35/h1-6,13-16H,7-12H2,(H,32,33)(H,34,35). The topological polar surface area (TPSA) is 75.1 Å². The van der Waals surface area contributed by atoms with Crippen molar-refractivity contribution < 1.29 is 23.1 Å². The van der Waals surface area contributed by atoms with Crippen LogP contribution in [0.15, 0.2) is 66.5 Å². The molecular weight excluding hydrogens is 455 g/mol. The number of carboxylic acids is 1. The third-order valence-electron chi connectivity index (χ3n) is 7.15. The molecule has 0 atom stereocenters. The van der Waals surface area contributed by atoms with Crippen LogP contribution >= 0.6 is 0 Å². The zero-order valence-corrected chi connectivity index (χ0v) is 18.9. The summed E-state index contributed by atoms with van der Waals surface area (Å²) in [5.74, 6) is -0.346. The first-order chi connectivity index (χ1) is 16.7. The Balaban J connectivity index is 1.28. The van der Waals surface area contributed by atoms with E-state index in [1.165, 1.54) is 23.3 Å². The van der Waals surface area contributed by atoms with Gasteiger partial charge in [-0.15, -0.1) is 0 Å². The summed E-state index contributed by atoms with van der Waals surface area (Å²) in [6, 6.07) is 12.5. The van der Waals surface area contributed by atoms with Gasteiger partial charge in [0.05, 0.1) is 11.9 Å². The summed E-state index contributed by atoms with van der Waals surface area (Å²) in [7, 11) is 0. The van der Waals surface area contributed by atoms with Gasteiger partial charge in [0, 0.05) is 17.8 Å². The van der Waals surface area contributed by atoms with Crippen LogP contribution in [0.25, 0.3) is 11.1 Å². The number of alkyl halides is 3. The van der Waals surface area contributed by atoms with E-state index in [4.69, 9.17) is 5.11 Å². The van der Waals surface area contributed by atoms with Crippen LogP contribution in [-0.2, 0) is 22.8 Å². The number of aryl methyl sites for hydroxylation is 1. The molecule has 5 rings (SSSR count). The van der Waals surface area contributed by atoms with Gasteiger partial charge in [-0.1, -0.05) is 23.8 Å². The van der Waals surface area contributed by atoms with Gasteiger partial charge < -0.3 is 10.4 Å². The van der Waals surface area contributed by atoms with E-state index < -0.39 is 17.8 Å². The smallest absolute Gasteiger partial charge is 0.433 e. The number of carbonyl (C=O) groups is 1. The van der Waals surface area contributed by atoms with Crippen molar-refractivity contribution in [3.05, 3.63) is 83.3 Å². The molecule has 5 nitrogen and oxygen atoms in total. The monoisotopic (exact) mass is 479 g/mol. The Bertz CT molecular complexity index is 1270. The maximum atomic E-state index is 12.7. The number of anilines is 2. The van der Waals surface area contributed by atoms with Crippen LogP contribution in [0.5, 0.6) is 0 Å². The summed E-state index contributed by atoms with van der Waals surface area (Å²) in [4.78, 5) is 18.9. The molecule has 1 fully saturated rings. The van der Waals surface area contributed by atoms with E-state index in [9.17, 15) is 18.0 Å². The van der Waals surface area contributed by atoms with Gasteiger partial charge >= 0.3 is 12.1 Å². The van der Waals surface area contributed by atoms with Crippen molar-refractivity contribution in [3.8, 4) is 11.1 Å². The highest BCUT2D eigenvalue weighted by molar-refractivity contribution is 5.80. The summed E-state index contributed by atoms with van der Waals surface area (Å²) in [5.41, 5.74) is 5.41. The van der Waals surface area contributed by atoms with E-state index in [0.29, 0.717) is 11.5 Å². The molecule has 0 bridgehead atoms. The van der Waals surface area contributed by atoms with Crippen molar-refractivity contribution in [1.29, 1.82) is 0 Å². The number of benzene rings is 1. The minimum absolute atomic E-state index is 0.144. The number of hydrogen-bond donors (Lipinski definition) is 2. The molecule has 1 spiro atoms. The molecule has 0 aliphatic heterocycles. The normalized spacial score (nSPS) is 19.5. The Kier molecular flexibility index (Phi) is 5.83. The van der Waals surface area contributed by atoms with Crippen LogP contribution in [0, 0.1) is 0 Å². The van der Waals surface area contributed by atoms with Crippen LogP contribution < -0.4 is 5.32 Å². The van der Waals surface area contributed by atoms with Crippen molar-refractivity contribution in [2.75, 3.05) is 5.32 Å². The SMILES string of the molecule is O=C(O)C=C1CCC2(CC1)CCc1cc(-c3ccc(Nc4ccc(C(F)(F)F)nc4)nc3)ccc12. The number of nitrogens with one attached hydrogen (secondary N) is 1. The van der Waals surface area contributed by atoms with Gasteiger partial charge in [-0.3, -0.25) is 0 Å². The van der Waals surface area contributed by atoms with Gasteiger partial charge in [-0.05, 0) is 84.9 Å². The Hall–Kier alpha value is -3.68. The van der Waals surface area contributed by atoms with Crippen molar-refractivity contribution in [1.82, 2.24) is 9.97 Å². The van der Waals surface area contributed by atoms with E-state index in [1.54, 1.807) is 12.3 Å². The number of nitrogens with zero attached hydrogens (tertiary/aromatic N) is 2. The summed E-state index contributed by atoms with van der Waals surface area (Å²) in [6.45, 7) is 0. The van der Waals surface area contributed by atoms with Crippen LogP contribution in [0.3, 0.4) is 0 Å². The predicted octanol–water partition coefficient (Wildman–Crippen LogP) is 6.68. The molecule has 35 heavy (non-hydrogen) atoms. The lowest BCUT2D eigenvalue weighted by Gasteiger charge is -2.35. The number of fused-ring (bicyclic) bond motifs is 2. The molecule has 0 unspecified atom stereocenters. The Morgan fingerprint density at radius 2 is 1.69 bits per heavy atom. The van der Waals surface area contributed by atoms with Crippen LogP contribution in [0.1, 0.15) is 48.9 Å². The fourth-order valence-corrected chi connectivity index (χ4v) is 5.32. The number of pyridine rings is 2. The van der Waals surface area contributed by atoms with E-state index in [2.05, 4.69) is 33.5 Å². The molecule has 2 aromatic heterocycles. The van der Waals surface area contributed by atoms with Crippen LogP contribution in [-0.4, -0.2) is 21.0 Å². The van der Waals surface area contributed by atoms with E-state index >= 15 is 0 Å². The van der Waals surface area contributed by atoms with Gasteiger partial charge in [0.1, 0.15) is 11.5 Å². The maximum Gasteiger partial charge on any atom is 0.433 e. The third kappa shape index (κ3) is 4.78. The first kappa shape index (κ1) is 23.1. The molecule has 2 aliphatic carbocycles. The molecule has 0 amide bonds. The maximum absolute atomic E-state index is 12.7.